The quantitative estimate of drug-likeness (QED) is 0.462. The van der Waals surface area contributed by atoms with Crippen molar-refractivity contribution >= 4 is 23.5 Å². The predicted molar refractivity (Wildman–Crippen MR) is 53.9 cm³/mol. The topological polar surface area (TPSA) is 57.9 Å². The standard InChI is InChI=1S/C10H7NO2S/c11-6-8(10(13)14)9(12)7-4-2-1-3-5-7/h1-5,8H,(H,13,14). The molecule has 0 saturated carbocycles. The van der Waals surface area contributed by atoms with Gasteiger partial charge in [-0.05, 0) is 0 Å². The zero-order valence-corrected chi connectivity index (χ0v) is 8.07. The molecule has 3 nitrogen and oxygen atoms in total. The summed E-state index contributed by atoms with van der Waals surface area (Å²) in [5.74, 6) is -1.81. The lowest BCUT2D eigenvalue weighted by Gasteiger charge is -2.02. The summed E-state index contributed by atoms with van der Waals surface area (Å²) in [4.78, 5) is 22.3. The summed E-state index contributed by atoms with van der Waals surface area (Å²) in [5, 5.41) is 7.87. The van der Waals surface area contributed by atoms with Crippen molar-refractivity contribution in [1.82, 2.24) is 0 Å². The molecule has 0 amide bonds. The maximum absolute atomic E-state index is 11.5. The molecule has 1 aromatic rings. The summed E-state index contributed by atoms with van der Waals surface area (Å²) in [6.07, 6.45) is 0. The van der Waals surface area contributed by atoms with E-state index >= 15 is 0 Å². The molecule has 1 aromatic carbocycles. The molecule has 1 unspecified atom stereocenters. The van der Waals surface area contributed by atoms with Crippen molar-refractivity contribution in [2.75, 3.05) is 0 Å². The Kier molecular flexibility index (Phi) is 3.43. The molecule has 0 saturated heterocycles. The number of rotatable bonds is 3. The van der Waals surface area contributed by atoms with Gasteiger partial charge in [0.1, 0.15) is 0 Å². The summed E-state index contributed by atoms with van der Waals surface area (Å²) in [7, 11) is 0. The van der Waals surface area contributed by atoms with Crippen molar-refractivity contribution in [2.45, 2.75) is 0 Å². The van der Waals surface area contributed by atoms with Crippen LogP contribution in [-0.4, -0.2) is 10.9 Å². The Balaban J connectivity index is 2.97. The molecule has 0 aromatic heterocycles. The van der Waals surface area contributed by atoms with Crippen LogP contribution in [0.4, 0.5) is 0 Å². The van der Waals surface area contributed by atoms with E-state index in [1.165, 1.54) is 0 Å². The Morgan fingerprint density at radius 1 is 1.29 bits per heavy atom. The molecule has 0 radical (unpaired) electrons. The minimum Gasteiger partial charge on any atom is -0.292 e. The summed E-state index contributed by atoms with van der Waals surface area (Å²) >= 11 is 3.48. The maximum Gasteiger partial charge on any atom is 0.211 e. The Bertz CT molecular complexity index is 394. The van der Waals surface area contributed by atoms with Crippen LogP contribution in [-0.2, 0) is 4.79 Å². The van der Waals surface area contributed by atoms with Gasteiger partial charge in [0.15, 0.2) is 11.7 Å². The van der Waals surface area contributed by atoms with Crippen molar-refractivity contribution in [3.05, 3.63) is 35.9 Å². The number of benzene rings is 1. The lowest BCUT2D eigenvalue weighted by Crippen LogP contribution is -2.18. The molecule has 0 aliphatic rings. The molecule has 70 valence electrons. The van der Waals surface area contributed by atoms with Crippen molar-refractivity contribution in [2.24, 2.45) is 5.92 Å². The van der Waals surface area contributed by atoms with Crippen LogP contribution in [0.15, 0.2) is 30.3 Å². The molecule has 14 heavy (non-hydrogen) atoms. The Hall–Kier alpha value is -1.60. The van der Waals surface area contributed by atoms with E-state index in [-0.39, 0.29) is 0 Å². The number of ketones is 1. The minimum absolute atomic E-state index is 0.349. The summed E-state index contributed by atoms with van der Waals surface area (Å²) in [6.45, 7) is 0. The van der Waals surface area contributed by atoms with Gasteiger partial charge in [0.25, 0.3) is 0 Å². The molecular weight excluding hydrogens is 198 g/mol. The van der Waals surface area contributed by atoms with Crippen LogP contribution in [0.3, 0.4) is 0 Å². The fourth-order valence-corrected chi connectivity index (χ4v) is 1.17. The summed E-state index contributed by atoms with van der Waals surface area (Å²) in [5.41, 5.74) is 0.349. The number of carbonyl (C=O) groups excluding carboxylic acids is 2. The number of nitriles is 1. The van der Waals surface area contributed by atoms with Gasteiger partial charge in [0.2, 0.25) is 5.12 Å². The van der Waals surface area contributed by atoms with Gasteiger partial charge in [0, 0.05) is 5.56 Å². The molecule has 0 bridgehead atoms. The second-order valence-electron chi connectivity index (χ2n) is 2.63. The lowest BCUT2D eigenvalue weighted by atomic mass is 10.0. The third kappa shape index (κ3) is 2.21. The molecule has 0 aliphatic heterocycles. The highest BCUT2D eigenvalue weighted by atomic mass is 32.1. The smallest absolute Gasteiger partial charge is 0.211 e. The Morgan fingerprint density at radius 3 is 2.29 bits per heavy atom. The van der Waals surface area contributed by atoms with Gasteiger partial charge in [-0.15, -0.1) is 12.6 Å². The number of hydrogen-bond acceptors (Lipinski definition) is 3. The third-order valence-corrected chi connectivity index (χ3v) is 1.95. The number of Topliss-reactive ketones (excluding diaryl/α,β-unsaturated/α-hetero) is 1. The first kappa shape index (κ1) is 10.5. The zero-order chi connectivity index (χ0) is 10.6. The fraction of sp³-hybridized carbons (Fsp3) is 0.100. The van der Waals surface area contributed by atoms with Gasteiger partial charge < -0.3 is 0 Å². The average Bonchev–Trinajstić information content (AvgIpc) is 2.19. The molecule has 0 spiro atoms. The Morgan fingerprint density at radius 2 is 1.86 bits per heavy atom. The van der Waals surface area contributed by atoms with Crippen LogP contribution >= 0.6 is 12.6 Å². The lowest BCUT2D eigenvalue weighted by molar-refractivity contribution is -0.111. The van der Waals surface area contributed by atoms with E-state index < -0.39 is 16.8 Å². The normalized spacial score (nSPS) is 11.4. The predicted octanol–water partition coefficient (Wildman–Crippen LogP) is 1.47. The summed E-state index contributed by atoms with van der Waals surface area (Å²) < 4.78 is 0. The minimum atomic E-state index is -1.30. The van der Waals surface area contributed by atoms with Gasteiger partial charge >= 0.3 is 0 Å². The van der Waals surface area contributed by atoms with Crippen LogP contribution in [0.5, 0.6) is 0 Å². The van der Waals surface area contributed by atoms with Crippen molar-refractivity contribution in [3.8, 4) is 6.07 Å². The number of carbonyl (C=O) groups is 2. The molecule has 4 heteroatoms. The van der Waals surface area contributed by atoms with E-state index in [9.17, 15) is 9.59 Å². The van der Waals surface area contributed by atoms with Gasteiger partial charge in [-0.3, -0.25) is 9.59 Å². The number of nitrogens with zero attached hydrogens (tertiary/aromatic N) is 1. The van der Waals surface area contributed by atoms with Gasteiger partial charge in [-0.2, -0.15) is 5.26 Å². The number of thiol groups is 1. The first-order chi connectivity index (χ1) is 6.66. The van der Waals surface area contributed by atoms with E-state index in [1.54, 1.807) is 36.4 Å². The highest BCUT2D eigenvalue weighted by molar-refractivity contribution is 7.96. The second kappa shape index (κ2) is 4.58. The first-order valence-electron chi connectivity index (χ1n) is 3.88. The van der Waals surface area contributed by atoms with Crippen LogP contribution in [0.2, 0.25) is 0 Å². The van der Waals surface area contributed by atoms with Crippen LogP contribution in [0.1, 0.15) is 10.4 Å². The molecular formula is C10H7NO2S. The van der Waals surface area contributed by atoms with Crippen LogP contribution in [0.25, 0.3) is 0 Å². The van der Waals surface area contributed by atoms with E-state index in [2.05, 4.69) is 12.6 Å². The zero-order valence-electron chi connectivity index (χ0n) is 7.18. The first-order valence-corrected chi connectivity index (χ1v) is 4.33. The van der Waals surface area contributed by atoms with Gasteiger partial charge in [-0.25, -0.2) is 0 Å². The van der Waals surface area contributed by atoms with E-state index in [0.29, 0.717) is 5.56 Å². The van der Waals surface area contributed by atoms with Crippen molar-refractivity contribution in [3.63, 3.8) is 0 Å². The SMILES string of the molecule is N#CC(C(=O)S)C(=O)c1ccccc1. The number of hydrogen-bond donors (Lipinski definition) is 1. The Labute approximate surface area is 86.8 Å². The molecule has 0 aliphatic carbocycles. The molecule has 1 atom stereocenters. The maximum atomic E-state index is 11.5. The monoisotopic (exact) mass is 205 g/mol. The fourth-order valence-electron chi connectivity index (χ4n) is 0.995. The van der Waals surface area contributed by atoms with Crippen LogP contribution in [0, 0.1) is 17.2 Å². The molecule has 0 heterocycles. The molecule has 0 N–H and O–H groups in total. The van der Waals surface area contributed by atoms with E-state index in [0.717, 1.165) is 0 Å². The average molecular weight is 205 g/mol. The highest BCUT2D eigenvalue weighted by Gasteiger charge is 2.24. The second-order valence-corrected chi connectivity index (χ2v) is 3.07. The van der Waals surface area contributed by atoms with Gasteiger partial charge in [-0.1, -0.05) is 30.3 Å². The van der Waals surface area contributed by atoms with Gasteiger partial charge in [0.05, 0.1) is 6.07 Å². The van der Waals surface area contributed by atoms with E-state index in [1.807, 2.05) is 0 Å². The molecule has 1 rings (SSSR count). The van der Waals surface area contributed by atoms with Crippen molar-refractivity contribution < 1.29 is 9.59 Å². The molecule has 0 fully saturated rings. The van der Waals surface area contributed by atoms with Crippen LogP contribution < -0.4 is 0 Å². The van der Waals surface area contributed by atoms with Crippen molar-refractivity contribution in [1.29, 1.82) is 5.26 Å². The highest BCUT2D eigenvalue weighted by Crippen LogP contribution is 2.10. The van der Waals surface area contributed by atoms with E-state index in [4.69, 9.17) is 5.26 Å². The third-order valence-electron chi connectivity index (χ3n) is 1.70. The largest absolute Gasteiger partial charge is 0.292 e. The summed E-state index contributed by atoms with van der Waals surface area (Å²) in [6, 6.07) is 9.84.